The third-order valence-corrected chi connectivity index (χ3v) is 4.00. The molecule has 0 spiro atoms. The van der Waals surface area contributed by atoms with Crippen LogP contribution in [0.2, 0.25) is 5.02 Å². The van der Waals surface area contributed by atoms with Crippen LogP contribution in [0.3, 0.4) is 0 Å². The van der Waals surface area contributed by atoms with E-state index in [0.29, 0.717) is 5.02 Å². The molecule has 0 amide bonds. The smallest absolute Gasteiger partial charge is 0.140 e. The summed E-state index contributed by atoms with van der Waals surface area (Å²) >= 11 is 9.31. The average Bonchev–Trinajstić information content (AvgIpc) is 2.48. The van der Waals surface area contributed by atoms with Gasteiger partial charge in [0.2, 0.25) is 0 Å². The second-order valence-corrected chi connectivity index (χ2v) is 5.37. The summed E-state index contributed by atoms with van der Waals surface area (Å²) in [6.07, 6.45) is 0. The molecule has 2 aromatic carbocycles. The molecule has 0 saturated carbocycles. The molecule has 0 saturated heterocycles. The first-order valence-electron chi connectivity index (χ1n) is 5.89. The lowest BCUT2D eigenvalue weighted by molar-refractivity contribution is 0.414. The summed E-state index contributed by atoms with van der Waals surface area (Å²) in [5.74, 6) is 0.724. The summed E-state index contributed by atoms with van der Waals surface area (Å²) in [4.78, 5) is 0. The summed E-state index contributed by atoms with van der Waals surface area (Å²) < 4.78 is 5.96. The molecule has 0 heterocycles. The normalized spacial score (nSPS) is 11.5. The van der Waals surface area contributed by atoms with Crippen molar-refractivity contribution in [3.8, 4) is 11.8 Å². The fraction of sp³-hybridized carbons (Fsp3) is 0.133. The Morgan fingerprint density at radius 2 is 2.10 bits per heavy atom. The van der Waals surface area contributed by atoms with Crippen LogP contribution >= 0.6 is 27.5 Å². The third kappa shape index (κ3) is 3.44. The lowest BCUT2D eigenvalue weighted by Gasteiger charge is -2.14. The molecule has 1 unspecified atom stereocenters. The Labute approximate surface area is 131 Å². The van der Waals surface area contributed by atoms with Crippen molar-refractivity contribution >= 4 is 33.2 Å². The van der Waals surface area contributed by atoms with E-state index in [2.05, 4.69) is 27.3 Å². The van der Waals surface area contributed by atoms with E-state index in [1.807, 2.05) is 36.4 Å². The molecule has 2 aromatic rings. The van der Waals surface area contributed by atoms with Crippen molar-refractivity contribution in [2.24, 2.45) is 0 Å². The molecule has 0 aromatic heterocycles. The van der Waals surface area contributed by atoms with Crippen molar-refractivity contribution in [2.75, 3.05) is 12.4 Å². The average molecular weight is 352 g/mol. The monoisotopic (exact) mass is 350 g/mol. The van der Waals surface area contributed by atoms with Gasteiger partial charge in [0, 0.05) is 10.2 Å². The highest BCUT2D eigenvalue weighted by molar-refractivity contribution is 9.10. The van der Waals surface area contributed by atoms with Gasteiger partial charge in [-0.2, -0.15) is 5.26 Å². The van der Waals surface area contributed by atoms with Crippen LogP contribution < -0.4 is 10.1 Å². The van der Waals surface area contributed by atoms with Gasteiger partial charge in [0.1, 0.15) is 11.8 Å². The Morgan fingerprint density at radius 3 is 2.75 bits per heavy atom. The van der Waals surface area contributed by atoms with Gasteiger partial charge in [-0.15, -0.1) is 0 Å². The van der Waals surface area contributed by atoms with Crippen molar-refractivity contribution in [1.29, 1.82) is 5.26 Å². The quantitative estimate of drug-likeness (QED) is 0.861. The molecule has 0 fully saturated rings. The number of halogens is 2. The van der Waals surface area contributed by atoms with Gasteiger partial charge in [-0.05, 0) is 51.8 Å². The Kier molecular flexibility index (Phi) is 4.89. The molecule has 0 radical (unpaired) electrons. The first-order chi connectivity index (χ1) is 9.63. The van der Waals surface area contributed by atoms with Crippen LogP contribution in [0.25, 0.3) is 0 Å². The van der Waals surface area contributed by atoms with Crippen LogP contribution in [0.4, 0.5) is 5.69 Å². The highest BCUT2D eigenvalue weighted by Crippen LogP contribution is 2.28. The number of hydrogen-bond acceptors (Lipinski definition) is 3. The second kappa shape index (κ2) is 6.65. The summed E-state index contributed by atoms with van der Waals surface area (Å²) in [5, 5.41) is 13.1. The first-order valence-corrected chi connectivity index (χ1v) is 7.06. The third-order valence-electron chi connectivity index (χ3n) is 2.79. The number of rotatable bonds is 4. The second-order valence-electron chi connectivity index (χ2n) is 4.11. The number of ether oxygens (including phenoxy) is 1. The zero-order valence-corrected chi connectivity index (χ0v) is 13.1. The number of nitriles is 1. The number of benzene rings is 2. The van der Waals surface area contributed by atoms with E-state index in [1.165, 1.54) is 0 Å². The maximum atomic E-state index is 9.34. The largest absolute Gasteiger partial charge is 0.497 e. The fourth-order valence-electron chi connectivity index (χ4n) is 1.76. The lowest BCUT2D eigenvalue weighted by Crippen LogP contribution is -2.08. The van der Waals surface area contributed by atoms with Gasteiger partial charge < -0.3 is 10.1 Å². The van der Waals surface area contributed by atoms with Crippen molar-refractivity contribution in [2.45, 2.75) is 6.04 Å². The molecule has 0 aliphatic carbocycles. The number of hydrogen-bond donors (Lipinski definition) is 1. The molecular formula is C15H12BrClN2O. The Bertz CT molecular complexity index is 655. The summed E-state index contributed by atoms with van der Waals surface area (Å²) in [6, 6.07) is 14.6. The molecule has 5 heteroatoms. The van der Waals surface area contributed by atoms with Gasteiger partial charge in [0.05, 0.1) is 18.2 Å². The lowest BCUT2D eigenvalue weighted by atomic mass is 10.1. The number of methoxy groups -OCH3 is 1. The predicted octanol–water partition coefficient (Wildman–Crippen LogP) is 4.79. The van der Waals surface area contributed by atoms with E-state index in [9.17, 15) is 5.26 Å². The molecule has 0 bridgehead atoms. The highest BCUT2D eigenvalue weighted by Gasteiger charge is 2.11. The van der Waals surface area contributed by atoms with Crippen molar-refractivity contribution in [1.82, 2.24) is 0 Å². The van der Waals surface area contributed by atoms with Crippen LogP contribution in [-0.2, 0) is 0 Å². The summed E-state index contributed by atoms with van der Waals surface area (Å²) in [7, 11) is 1.60. The summed E-state index contributed by atoms with van der Waals surface area (Å²) in [6.45, 7) is 0. The number of anilines is 1. The molecule has 3 nitrogen and oxygen atoms in total. The molecular weight excluding hydrogens is 340 g/mol. The SMILES string of the molecule is COc1cccc(C(C#N)Nc2ccc(Cl)c(Br)c2)c1. The standard InChI is InChI=1S/C15H12BrClN2O/c1-20-12-4-2-3-10(7-12)15(9-18)19-11-5-6-14(17)13(16)8-11/h2-8,15,19H,1H3. The van der Waals surface area contributed by atoms with E-state index in [0.717, 1.165) is 21.5 Å². The van der Waals surface area contributed by atoms with Gasteiger partial charge >= 0.3 is 0 Å². The molecule has 2 rings (SSSR count). The Hall–Kier alpha value is -1.70. The molecule has 102 valence electrons. The Morgan fingerprint density at radius 1 is 1.30 bits per heavy atom. The van der Waals surface area contributed by atoms with Crippen molar-refractivity contribution in [3.63, 3.8) is 0 Å². The molecule has 20 heavy (non-hydrogen) atoms. The molecule has 1 N–H and O–H groups in total. The van der Waals surface area contributed by atoms with Crippen LogP contribution in [0, 0.1) is 11.3 Å². The van der Waals surface area contributed by atoms with E-state index in [1.54, 1.807) is 13.2 Å². The van der Waals surface area contributed by atoms with Crippen LogP contribution in [-0.4, -0.2) is 7.11 Å². The van der Waals surface area contributed by atoms with Gasteiger partial charge in [-0.25, -0.2) is 0 Å². The number of nitrogens with zero attached hydrogens (tertiary/aromatic N) is 1. The highest BCUT2D eigenvalue weighted by atomic mass is 79.9. The zero-order chi connectivity index (χ0) is 14.5. The van der Waals surface area contributed by atoms with Crippen LogP contribution in [0.15, 0.2) is 46.9 Å². The van der Waals surface area contributed by atoms with Crippen molar-refractivity contribution in [3.05, 3.63) is 57.5 Å². The van der Waals surface area contributed by atoms with Crippen LogP contribution in [0.1, 0.15) is 11.6 Å². The van der Waals surface area contributed by atoms with Gasteiger partial charge in [-0.1, -0.05) is 23.7 Å². The van der Waals surface area contributed by atoms with Gasteiger partial charge in [-0.3, -0.25) is 0 Å². The molecule has 1 atom stereocenters. The van der Waals surface area contributed by atoms with Crippen molar-refractivity contribution < 1.29 is 4.74 Å². The van der Waals surface area contributed by atoms with E-state index in [4.69, 9.17) is 16.3 Å². The predicted molar refractivity (Wildman–Crippen MR) is 84.1 cm³/mol. The maximum Gasteiger partial charge on any atom is 0.140 e. The minimum Gasteiger partial charge on any atom is -0.497 e. The van der Waals surface area contributed by atoms with E-state index < -0.39 is 6.04 Å². The molecule has 0 aliphatic heterocycles. The maximum absolute atomic E-state index is 9.34. The minimum absolute atomic E-state index is 0.460. The van der Waals surface area contributed by atoms with E-state index >= 15 is 0 Å². The topological polar surface area (TPSA) is 45.0 Å². The fourth-order valence-corrected chi connectivity index (χ4v) is 2.26. The van der Waals surface area contributed by atoms with Gasteiger partial charge in [0.15, 0.2) is 0 Å². The molecule has 0 aliphatic rings. The zero-order valence-electron chi connectivity index (χ0n) is 10.7. The summed E-state index contributed by atoms with van der Waals surface area (Å²) in [5.41, 5.74) is 1.66. The van der Waals surface area contributed by atoms with E-state index in [-0.39, 0.29) is 0 Å². The van der Waals surface area contributed by atoms with Crippen LogP contribution in [0.5, 0.6) is 5.75 Å². The Balaban J connectivity index is 2.24. The first kappa shape index (κ1) is 14.7. The minimum atomic E-state index is -0.460. The van der Waals surface area contributed by atoms with Gasteiger partial charge in [0.25, 0.3) is 0 Å². The number of nitrogens with one attached hydrogen (secondary N) is 1.